The van der Waals surface area contributed by atoms with Crippen LogP contribution >= 0.6 is 23.2 Å². The number of aliphatic imine (C=N–C) groups is 1. The molecular weight excluding hydrogens is 573 g/mol. The number of pyridine rings is 1. The molecule has 0 bridgehead atoms. The lowest BCUT2D eigenvalue weighted by atomic mass is 9.80. The van der Waals surface area contributed by atoms with E-state index in [4.69, 9.17) is 27.9 Å². The maximum Gasteiger partial charge on any atom is 0.263 e. The van der Waals surface area contributed by atoms with Gasteiger partial charge in [-0.2, -0.15) is 0 Å². The Morgan fingerprint density at radius 2 is 1.88 bits per heavy atom. The SMILES string of the molecule is CC.CCN(CC)CCNC(=O)c1ccc(N=CCC(CC2CCC2)NC(=O)C(C)(C)Oc2ccc(Cl)cc2Cl)nc1. The average molecular weight is 621 g/mol. The molecule has 8 nitrogen and oxygen atoms in total. The van der Waals surface area contributed by atoms with E-state index in [2.05, 4.69) is 39.4 Å². The molecule has 2 amide bonds. The molecule has 42 heavy (non-hydrogen) atoms. The Morgan fingerprint density at radius 1 is 1.17 bits per heavy atom. The van der Waals surface area contributed by atoms with E-state index in [-0.39, 0.29) is 17.9 Å². The van der Waals surface area contributed by atoms with E-state index in [9.17, 15) is 9.59 Å². The second kappa shape index (κ2) is 18.1. The second-order valence-corrected chi connectivity index (χ2v) is 11.5. The summed E-state index contributed by atoms with van der Waals surface area (Å²) in [4.78, 5) is 36.7. The van der Waals surface area contributed by atoms with Crippen molar-refractivity contribution in [1.82, 2.24) is 20.5 Å². The summed E-state index contributed by atoms with van der Waals surface area (Å²) < 4.78 is 5.97. The van der Waals surface area contributed by atoms with E-state index in [1.165, 1.54) is 25.5 Å². The average Bonchev–Trinajstić information content (AvgIpc) is 2.95. The molecule has 3 rings (SSSR count). The fourth-order valence-corrected chi connectivity index (χ4v) is 4.87. The highest BCUT2D eigenvalue weighted by Gasteiger charge is 2.33. The predicted molar refractivity (Wildman–Crippen MR) is 174 cm³/mol. The number of rotatable bonds is 15. The van der Waals surface area contributed by atoms with E-state index in [0.29, 0.717) is 46.1 Å². The minimum absolute atomic E-state index is 0.0963. The first-order valence-electron chi connectivity index (χ1n) is 15.1. The number of nitrogens with zero attached hydrogens (tertiary/aromatic N) is 3. The van der Waals surface area contributed by atoms with Crippen molar-refractivity contribution in [3.8, 4) is 5.75 Å². The number of hydrogen-bond acceptors (Lipinski definition) is 6. The Balaban J connectivity index is 0.00000301. The first-order valence-corrected chi connectivity index (χ1v) is 15.8. The third-order valence-electron chi connectivity index (χ3n) is 7.22. The normalized spacial score (nSPS) is 14.1. The van der Waals surface area contributed by atoms with Gasteiger partial charge in [-0.1, -0.05) is 70.2 Å². The Morgan fingerprint density at radius 3 is 2.45 bits per heavy atom. The van der Waals surface area contributed by atoms with E-state index in [1.54, 1.807) is 50.4 Å². The lowest BCUT2D eigenvalue weighted by molar-refractivity contribution is -0.135. The monoisotopic (exact) mass is 619 g/mol. The molecule has 0 spiro atoms. The van der Waals surface area contributed by atoms with Crippen molar-refractivity contribution in [2.45, 2.75) is 85.3 Å². The van der Waals surface area contributed by atoms with Crippen LogP contribution in [0, 0.1) is 5.92 Å². The first kappa shape index (κ1) is 35.5. The molecule has 1 unspecified atom stereocenters. The zero-order valence-corrected chi connectivity index (χ0v) is 27.4. The van der Waals surface area contributed by atoms with Gasteiger partial charge >= 0.3 is 0 Å². The van der Waals surface area contributed by atoms with Crippen molar-refractivity contribution >= 4 is 47.0 Å². The van der Waals surface area contributed by atoms with Gasteiger partial charge in [-0.15, -0.1) is 0 Å². The number of halogens is 2. The van der Waals surface area contributed by atoms with Crippen molar-refractivity contribution in [1.29, 1.82) is 0 Å². The summed E-state index contributed by atoms with van der Waals surface area (Å²) in [5, 5.41) is 6.93. The van der Waals surface area contributed by atoms with Gasteiger partial charge in [0.1, 0.15) is 5.75 Å². The van der Waals surface area contributed by atoms with Crippen LogP contribution in [-0.4, -0.2) is 65.7 Å². The standard InChI is InChI=1S/C30H41Cl2N5O3.C2H6/c1-5-37(6-2)17-16-34-28(38)22-10-13-27(35-20-22)33-15-14-24(18-21-8-7-9-21)36-29(39)30(3,4)40-26-12-11-23(31)19-25(26)32;1-2/h10-13,15,19-21,24H,5-9,14,16-18H2,1-4H3,(H,34,38)(H,36,39);1-2H3. The van der Waals surface area contributed by atoms with Gasteiger partial charge in [0.2, 0.25) is 0 Å². The van der Waals surface area contributed by atoms with Crippen molar-refractivity contribution in [3.63, 3.8) is 0 Å². The van der Waals surface area contributed by atoms with Gasteiger partial charge in [0.15, 0.2) is 11.4 Å². The molecule has 2 aromatic rings. The van der Waals surface area contributed by atoms with Crippen LogP contribution in [-0.2, 0) is 4.79 Å². The molecule has 1 aromatic carbocycles. The Hall–Kier alpha value is -2.68. The fourth-order valence-electron chi connectivity index (χ4n) is 4.42. The molecule has 1 fully saturated rings. The van der Waals surface area contributed by atoms with E-state index in [1.807, 2.05) is 13.8 Å². The van der Waals surface area contributed by atoms with Crippen molar-refractivity contribution < 1.29 is 14.3 Å². The first-order chi connectivity index (χ1) is 20.1. The molecule has 1 atom stereocenters. The highest BCUT2D eigenvalue weighted by Crippen LogP contribution is 2.32. The molecule has 1 heterocycles. The molecular formula is C32H47Cl2N5O3. The number of aromatic nitrogens is 1. The van der Waals surface area contributed by atoms with Crippen molar-refractivity contribution in [2.75, 3.05) is 26.2 Å². The van der Waals surface area contributed by atoms with Crippen LogP contribution in [0.2, 0.25) is 10.0 Å². The van der Waals surface area contributed by atoms with Gasteiger partial charge < -0.3 is 20.3 Å². The van der Waals surface area contributed by atoms with Crippen LogP contribution in [0.25, 0.3) is 0 Å². The molecule has 2 N–H and O–H groups in total. The van der Waals surface area contributed by atoms with E-state index >= 15 is 0 Å². The highest BCUT2D eigenvalue weighted by molar-refractivity contribution is 6.35. The number of likely N-dealkylation sites (N-methyl/N-ethyl adjacent to an activating group) is 1. The number of benzene rings is 1. The number of carbonyl (C=O) groups excluding carboxylic acids is 2. The lowest BCUT2D eigenvalue weighted by Crippen LogP contribution is -2.50. The smallest absolute Gasteiger partial charge is 0.263 e. The van der Waals surface area contributed by atoms with Crippen LogP contribution in [0.4, 0.5) is 5.82 Å². The van der Waals surface area contributed by atoms with Gasteiger partial charge in [-0.05, 0) is 69.6 Å². The molecule has 1 aliphatic carbocycles. The summed E-state index contributed by atoms with van der Waals surface area (Å²) in [6, 6.07) is 8.27. The number of ether oxygens (including phenoxy) is 1. The van der Waals surface area contributed by atoms with Crippen LogP contribution in [0.15, 0.2) is 41.5 Å². The Bertz CT molecular complexity index is 1150. The van der Waals surface area contributed by atoms with E-state index < -0.39 is 5.60 Å². The summed E-state index contributed by atoms with van der Waals surface area (Å²) in [5.74, 6) is 1.12. The van der Waals surface area contributed by atoms with Crippen LogP contribution in [0.3, 0.4) is 0 Å². The maximum absolute atomic E-state index is 13.2. The van der Waals surface area contributed by atoms with Gasteiger partial charge in [-0.3, -0.25) is 9.59 Å². The van der Waals surface area contributed by atoms with E-state index in [0.717, 1.165) is 26.1 Å². The quantitative estimate of drug-likeness (QED) is 0.207. The second-order valence-electron chi connectivity index (χ2n) is 10.6. The topological polar surface area (TPSA) is 95.9 Å². The van der Waals surface area contributed by atoms with Crippen molar-refractivity contribution in [3.05, 3.63) is 52.1 Å². The highest BCUT2D eigenvalue weighted by atomic mass is 35.5. The summed E-state index contributed by atoms with van der Waals surface area (Å²) in [6.07, 6.45) is 8.30. The summed E-state index contributed by atoms with van der Waals surface area (Å²) in [7, 11) is 0. The Labute approximate surface area is 261 Å². The summed E-state index contributed by atoms with van der Waals surface area (Å²) >= 11 is 12.2. The summed E-state index contributed by atoms with van der Waals surface area (Å²) in [6.45, 7) is 14.9. The lowest BCUT2D eigenvalue weighted by Gasteiger charge is -2.32. The van der Waals surface area contributed by atoms with Gasteiger partial charge in [-0.25, -0.2) is 9.98 Å². The largest absolute Gasteiger partial charge is 0.476 e. The molecule has 1 aromatic heterocycles. The third kappa shape index (κ3) is 11.5. The number of amides is 2. The maximum atomic E-state index is 13.2. The predicted octanol–water partition coefficient (Wildman–Crippen LogP) is 7.11. The minimum atomic E-state index is -1.14. The molecule has 1 aliphatic rings. The molecule has 232 valence electrons. The zero-order valence-electron chi connectivity index (χ0n) is 25.9. The molecule has 1 saturated carbocycles. The molecule has 0 saturated heterocycles. The van der Waals surface area contributed by atoms with Crippen molar-refractivity contribution in [2.24, 2.45) is 10.9 Å². The summed E-state index contributed by atoms with van der Waals surface area (Å²) in [5.41, 5.74) is -0.646. The van der Waals surface area contributed by atoms with Gasteiger partial charge in [0, 0.05) is 43.0 Å². The minimum Gasteiger partial charge on any atom is -0.476 e. The molecule has 0 aliphatic heterocycles. The van der Waals surface area contributed by atoms with Crippen LogP contribution in [0.5, 0.6) is 5.75 Å². The third-order valence-corrected chi connectivity index (χ3v) is 7.75. The number of carbonyl (C=O) groups is 2. The van der Waals surface area contributed by atoms with Gasteiger partial charge in [0.05, 0.1) is 10.6 Å². The number of hydrogen-bond donors (Lipinski definition) is 2. The number of nitrogens with one attached hydrogen (secondary N) is 2. The zero-order chi connectivity index (χ0) is 31.1. The fraction of sp³-hybridized carbons (Fsp3) is 0.562. The van der Waals surface area contributed by atoms with Crippen LogP contribution < -0.4 is 15.4 Å². The molecule has 0 radical (unpaired) electrons. The van der Waals surface area contributed by atoms with Gasteiger partial charge in [0.25, 0.3) is 11.8 Å². The molecule has 10 heteroatoms. The van der Waals surface area contributed by atoms with Crippen LogP contribution in [0.1, 0.15) is 84.0 Å². The Kier molecular flexibility index (Phi) is 15.3.